The molecule has 0 aliphatic rings. The number of carbonyl (C=O) groups is 1. The van der Waals surface area contributed by atoms with E-state index in [4.69, 9.17) is 27.9 Å². The molecular weight excluding hydrogens is 437 g/mol. The number of hydrogen-bond donors (Lipinski definition) is 1. The minimum atomic E-state index is -0.552. The van der Waals surface area contributed by atoms with Gasteiger partial charge in [-0.05, 0) is 40.2 Å². The van der Waals surface area contributed by atoms with Crippen molar-refractivity contribution < 1.29 is 14.5 Å². The number of non-ortho nitro benzene ring substituents is 1. The summed E-state index contributed by atoms with van der Waals surface area (Å²) in [4.78, 5) is 21.9. The topological polar surface area (TPSA) is 93.8 Å². The number of hydrazone groups is 1. The zero-order chi connectivity index (χ0) is 18.4. The standard InChI is InChI=1S/C15H10BrCl2N3O4/c16-12-6-10(17)1-4-14(12)25-8-15(22)20-19-7-9-5-11(21(23)24)2-3-13(9)18/h1-7H,8H2,(H,20,22). The molecule has 0 spiro atoms. The second kappa shape index (κ2) is 8.80. The summed E-state index contributed by atoms with van der Waals surface area (Å²) >= 11 is 15.0. The molecule has 0 radical (unpaired) electrons. The molecule has 1 N–H and O–H groups in total. The Bertz CT molecular complexity index is 846. The molecule has 10 heteroatoms. The molecule has 0 aliphatic carbocycles. The summed E-state index contributed by atoms with van der Waals surface area (Å²) in [5.41, 5.74) is 2.42. The molecule has 0 saturated heterocycles. The predicted octanol–water partition coefficient (Wildman–Crippen LogP) is 4.19. The van der Waals surface area contributed by atoms with Crippen molar-refractivity contribution >= 4 is 56.9 Å². The van der Waals surface area contributed by atoms with Crippen LogP contribution in [-0.4, -0.2) is 23.7 Å². The molecule has 2 aromatic rings. The average Bonchev–Trinajstić information content (AvgIpc) is 2.55. The Balaban J connectivity index is 1.92. The van der Waals surface area contributed by atoms with Crippen LogP contribution in [0.1, 0.15) is 5.56 Å². The lowest BCUT2D eigenvalue weighted by Gasteiger charge is -2.07. The van der Waals surface area contributed by atoms with Crippen LogP contribution in [0.3, 0.4) is 0 Å². The highest BCUT2D eigenvalue weighted by Crippen LogP contribution is 2.27. The Morgan fingerprint density at radius 3 is 2.76 bits per heavy atom. The molecule has 0 fully saturated rings. The highest BCUT2D eigenvalue weighted by molar-refractivity contribution is 9.10. The number of amides is 1. The molecular formula is C15H10BrCl2N3O4. The zero-order valence-electron chi connectivity index (χ0n) is 12.4. The van der Waals surface area contributed by atoms with Gasteiger partial charge in [-0.3, -0.25) is 14.9 Å². The molecule has 0 unspecified atom stereocenters. The van der Waals surface area contributed by atoms with Crippen LogP contribution in [-0.2, 0) is 4.79 Å². The number of nitro benzene ring substituents is 1. The van der Waals surface area contributed by atoms with E-state index in [2.05, 4.69) is 26.5 Å². The summed E-state index contributed by atoms with van der Waals surface area (Å²) in [6.07, 6.45) is 1.21. The smallest absolute Gasteiger partial charge is 0.277 e. The molecule has 0 aromatic heterocycles. The lowest BCUT2D eigenvalue weighted by molar-refractivity contribution is -0.384. The third kappa shape index (κ3) is 5.70. The number of rotatable bonds is 6. The van der Waals surface area contributed by atoms with Gasteiger partial charge >= 0.3 is 0 Å². The number of nitro groups is 1. The Morgan fingerprint density at radius 1 is 1.32 bits per heavy atom. The van der Waals surface area contributed by atoms with Crippen LogP contribution >= 0.6 is 39.1 Å². The summed E-state index contributed by atoms with van der Waals surface area (Å²) in [7, 11) is 0. The SMILES string of the molecule is O=C(COc1ccc(Cl)cc1Br)NN=Cc1cc([N+](=O)[O-])ccc1Cl. The van der Waals surface area contributed by atoms with E-state index in [1.54, 1.807) is 18.2 Å². The van der Waals surface area contributed by atoms with Crippen molar-refractivity contribution in [3.8, 4) is 5.75 Å². The second-order valence-corrected chi connectivity index (χ2v) is 6.32. The third-order valence-corrected chi connectivity index (χ3v) is 4.03. The highest BCUT2D eigenvalue weighted by Gasteiger charge is 2.09. The maximum absolute atomic E-state index is 11.7. The molecule has 2 aromatic carbocycles. The number of carbonyl (C=O) groups excluding carboxylic acids is 1. The summed E-state index contributed by atoms with van der Waals surface area (Å²) in [6, 6.07) is 8.78. The van der Waals surface area contributed by atoms with E-state index in [0.717, 1.165) is 0 Å². The van der Waals surface area contributed by atoms with Gasteiger partial charge in [0.1, 0.15) is 5.75 Å². The van der Waals surface area contributed by atoms with Gasteiger partial charge in [-0.1, -0.05) is 23.2 Å². The number of hydrogen-bond acceptors (Lipinski definition) is 5. The first-order valence-corrected chi connectivity index (χ1v) is 8.25. The van der Waals surface area contributed by atoms with Gasteiger partial charge in [0, 0.05) is 27.7 Å². The fraction of sp³-hybridized carbons (Fsp3) is 0.0667. The number of nitrogens with zero attached hydrogens (tertiary/aromatic N) is 2. The Labute approximate surface area is 160 Å². The quantitative estimate of drug-likeness (QED) is 0.408. The molecule has 0 bridgehead atoms. The van der Waals surface area contributed by atoms with Gasteiger partial charge in [-0.25, -0.2) is 5.43 Å². The van der Waals surface area contributed by atoms with E-state index < -0.39 is 10.8 Å². The van der Waals surface area contributed by atoms with Crippen LogP contribution in [0.2, 0.25) is 10.0 Å². The van der Waals surface area contributed by atoms with E-state index >= 15 is 0 Å². The minimum absolute atomic E-state index is 0.131. The van der Waals surface area contributed by atoms with Crippen molar-refractivity contribution in [2.45, 2.75) is 0 Å². The molecule has 0 saturated carbocycles. The van der Waals surface area contributed by atoms with Gasteiger partial charge < -0.3 is 4.74 Å². The highest BCUT2D eigenvalue weighted by atomic mass is 79.9. The van der Waals surface area contributed by atoms with Crippen LogP contribution in [0.5, 0.6) is 5.75 Å². The Morgan fingerprint density at radius 2 is 2.08 bits per heavy atom. The van der Waals surface area contributed by atoms with Crippen molar-refractivity contribution in [1.29, 1.82) is 0 Å². The van der Waals surface area contributed by atoms with E-state index in [9.17, 15) is 14.9 Å². The van der Waals surface area contributed by atoms with Crippen molar-refractivity contribution in [1.82, 2.24) is 5.43 Å². The fourth-order valence-corrected chi connectivity index (χ4v) is 2.65. The lowest BCUT2D eigenvalue weighted by atomic mass is 10.2. The average molecular weight is 447 g/mol. The largest absolute Gasteiger partial charge is 0.483 e. The van der Waals surface area contributed by atoms with Gasteiger partial charge in [0.15, 0.2) is 6.61 Å². The molecule has 25 heavy (non-hydrogen) atoms. The number of nitrogens with one attached hydrogen (secondary N) is 1. The maximum Gasteiger partial charge on any atom is 0.277 e. The van der Waals surface area contributed by atoms with E-state index in [0.29, 0.717) is 20.8 Å². The van der Waals surface area contributed by atoms with Crippen LogP contribution in [0.15, 0.2) is 46.0 Å². The second-order valence-electron chi connectivity index (χ2n) is 4.62. The van der Waals surface area contributed by atoms with Gasteiger partial charge in [0.25, 0.3) is 11.6 Å². The van der Waals surface area contributed by atoms with Crippen LogP contribution < -0.4 is 10.2 Å². The molecule has 0 aliphatic heterocycles. The van der Waals surface area contributed by atoms with Gasteiger partial charge in [0.05, 0.1) is 15.6 Å². The lowest BCUT2D eigenvalue weighted by Crippen LogP contribution is -2.24. The molecule has 1 amide bonds. The first kappa shape index (κ1) is 19.2. The van der Waals surface area contributed by atoms with Crippen molar-refractivity contribution in [3.05, 3.63) is 66.6 Å². The number of ether oxygens (including phenoxy) is 1. The first-order valence-electron chi connectivity index (χ1n) is 6.70. The Kier molecular flexibility index (Phi) is 6.74. The monoisotopic (exact) mass is 445 g/mol. The van der Waals surface area contributed by atoms with Crippen molar-refractivity contribution in [3.63, 3.8) is 0 Å². The molecule has 7 nitrogen and oxygen atoms in total. The van der Waals surface area contributed by atoms with Crippen molar-refractivity contribution in [2.75, 3.05) is 6.61 Å². The van der Waals surface area contributed by atoms with Gasteiger partial charge in [-0.15, -0.1) is 0 Å². The number of halogens is 3. The summed E-state index contributed by atoms with van der Waals surface area (Å²) < 4.78 is 5.93. The summed E-state index contributed by atoms with van der Waals surface area (Å²) in [5, 5.41) is 15.2. The number of benzene rings is 2. The summed E-state index contributed by atoms with van der Waals surface area (Å²) in [6.45, 7) is -0.278. The van der Waals surface area contributed by atoms with E-state index in [1.807, 2.05) is 0 Å². The zero-order valence-corrected chi connectivity index (χ0v) is 15.5. The summed E-state index contributed by atoms with van der Waals surface area (Å²) in [5.74, 6) is -0.0649. The van der Waals surface area contributed by atoms with Gasteiger partial charge in [0.2, 0.25) is 0 Å². The minimum Gasteiger partial charge on any atom is -0.483 e. The fourth-order valence-electron chi connectivity index (χ4n) is 1.69. The predicted molar refractivity (Wildman–Crippen MR) is 98.5 cm³/mol. The molecule has 0 heterocycles. The van der Waals surface area contributed by atoms with Crippen molar-refractivity contribution in [2.24, 2.45) is 5.10 Å². The first-order chi connectivity index (χ1) is 11.9. The molecule has 2 rings (SSSR count). The van der Waals surface area contributed by atoms with Gasteiger partial charge in [-0.2, -0.15) is 5.10 Å². The third-order valence-electron chi connectivity index (χ3n) is 2.84. The van der Waals surface area contributed by atoms with E-state index in [-0.39, 0.29) is 17.3 Å². The Hall–Kier alpha value is -2.16. The van der Waals surface area contributed by atoms with Crippen LogP contribution in [0.4, 0.5) is 5.69 Å². The normalized spacial score (nSPS) is 10.7. The van der Waals surface area contributed by atoms with Crippen LogP contribution in [0.25, 0.3) is 0 Å². The molecule has 130 valence electrons. The van der Waals surface area contributed by atoms with Crippen LogP contribution in [0, 0.1) is 10.1 Å². The maximum atomic E-state index is 11.7. The van der Waals surface area contributed by atoms with E-state index in [1.165, 1.54) is 24.4 Å². The molecule has 0 atom stereocenters.